The van der Waals surface area contributed by atoms with Gasteiger partial charge in [-0.2, -0.15) is 0 Å². The van der Waals surface area contributed by atoms with Crippen LogP contribution in [0.1, 0.15) is 37.0 Å². The summed E-state index contributed by atoms with van der Waals surface area (Å²) in [4.78, 5) is 12.3. The molecule has 1 aromatic rings. The molecule has 1 rings (SSSR count). The molecule has 0 aliphatic heterocycles. The van der Waals surface area contributed by atoms with Crippen molar-refractivity contribution in [3.8, 4) is 0 Å². The molecule has 0 spiro atoms. The highest BCUT2D eigenvalue weighted by Crippen LogP contribution is 2.25. The third-order valence-corrected chi connectivity index (χ3v) is 6.08. The van der Waals surface area contributed by atoms with Crippen LogP contribution in [0.4, 0.5) is 0 Å². The Morgan fingerprint density at radius 2 is 2.00 bits per heavy atom. The highest BCUT2D eigenvalue weighted by atomic mass is 35.5. The number of sulfonamides is 1. The molecule has 0 saturated heterocycles. The minimum atomic E-state index is -3.73. The van der Waals surface area contributed by atoms with E-state index >= 15 is 0 Å². The SMILES string of the molecule is CC[C@H](C[C@H](C)CO)NC(=O)c1ccc(Cl)c(S(=O)(=O)N(C)C)c1. The molecular formula is C16H25ClN2O4S. The van der Waals surface area contributed by atoms with E-state index in [1.54, 1.807) is 0 Å². The Morgan fingerprint density at radius 3 is 2.50 bits per heavy atom. The Bertz CT molecular complexity index is 677. The molecule has 6 nitrogen and oxygen atoms in total. The summed E-state index contributed by atoms with van der Waals surface area (Å²) in [5.74, 6) is -0.288. The molecule has 1 aromatic carbocycles. The van der Waals surface area contributed by atoms with Gasteiger partial charge in [0.05, 0.1) is 5.02 Å². The third-order valence-electron chi connectivity index (χ3n) is 3.78. The molecule has 2 N–H and O–H groups in total. The van der Waals surface area contributed by atoms with Crippen LogP contribution in [0, 0.1) is 5.92 Å². The van der Waals surface area contributed by atoms with Crippen molar-refractivity contribution in [1.29, 1.82) is 0 Å². The normalized spacial score (nSPS) is 14.5. The number of nitrogens with one attached hydrogen (secondary N) is 1. The van der Waals surface area contributed by atoms with Crippen molar-refractivity contribution in [2.24, 2.45) is 5.92 Å². The van der Waals surface area contributed by atoms with Crippen LogP contribution in [-0.2, 0) is 10.0 Å². The number of carbonyl (C=O) groups excluding carboxylic acids is 1. The van der Waals surface area contributed by atoms with Crippen LogP contribution in [0.15, 0.2) is 23.1 Å². The summed E-state index contributed by atoms with van der Waals surface area (Å²) in [6.07, 6.45) is 1.36. The van der Waals surface area contributed by atoms with Crippen molar-refractivity contribution >= 4 is 27.5 Å². The number of aliphatic hydroxyl groups excluding tert-OH is 1. The minimum absolute atomic E-state index is 0.0541. The van der Waals surface area contributed by atoms with E-state index in [0.717, 1.165) is 4.31 Å². The summed E-state index contributed by atoms with van der Waals surface area (Å²) < 4.78 is 25.6. The predicted molar refractivity (Wildman–Crippen MR) is 94.7 cm³/mol. The molecule has 0 saturated carbocycles. The van der Waals surface area contributed by atoms with Crippen molar-refractivity contribution in [1.82, 2.24) is 9.62 Å². The van der Waals surface area contributed by atoms with Crippen LogP contribution in [0.5, 0.6) is 0 Å². The zero-order chi connectivity index (χ0) is 18.5. The molecule has 2 atom stereocenters. The number of rotatable bonds is 8. The fraction of sp³-hybridized carbons (Fsp3) is 0.562. The molecule has 8 heteroatoms. The Labute approximate surface area is 148 Å². The maximum Gasteiger partial charge on any atom is 0.251 e. The third kappa shape index (κ3) is 5.17. The molecule has 0 bridgehead atoms. The van der Waals surface area contributed by atoms with Crippen LogP contribution >= 0.6 is 11.6 Å². The maximum atomic E-state index is 12.4. The van der Waals surface area contributed by atoms with Crippen molar-refractivity contribution in [3.63, 3.8) is 0 Å². The summed E-state index contributed by atoms with van der Waals surface area (Å²) in [5.41, 5.74) is 0.231. The fourth-order valence-electron chi connectivity index (χ4n) is 2.20. The number of carbonyl (C=O) groups is 1. The first-order valence-corrected chi connectivity index (χ1v) is 9.59. The second-order valence-corrected chi connectivity index (χ2v) is 8.56. The first kappa shape index (κ1) is 20.9. The van der Waals surface area contributed by atoms with Gasteiger partial charge in [-0.15, -0.1) is 0 Å². The predicted octanol–water partition coefficient (Wildman–Crippen LogP) is 2.12. The van der Waals surface area contributed by atoms with Crippen LogP contribution in [0.2, 0.25) is 5.02 Å². The average Bonchev–Trinajstić information content (AvgIpc) is 2.53. The zero-order valence-corrected chi connectivity index (χ0v) is 16.0. The van der Waals surface area contributed by atoms with Crippen molar-refractivity contribution < 1.29 is 18.3 Å². The Morgan fingerprint density at radius 1 is 1.38 bits per heavy atom. The first-order chi connectivity index (χ1) is 11.1. The molecule has 0 unspecified atom stereocenters. The highest BCUT2D eigenvalue weighted by Gasteiger charge is 2.23. The van der Waals surface area contributed by atoms with E-state index in [9.17, 15) is 13.2 Å². The van der Waals surface area contributed by atoms with E-state index in [1.165, 1.54) is 32.3 Å². The van der Waals surface area contributed by atoms with Gasteiger partial charge in [-0.3, -0.25) is 4.79 Å². The van der Waals surface area contributed by atoms with Gasteiger partial charge in [-0.1, -0.05) is 25.4 Å². The smallest absolute Gasteiger partial charge is 0.251 e. The van der Waals surface area contributed by atoms with Gasteiger partial charge in [0.15, 0.2) is 0 Å². The zero-order valence-electron chi connectivity index (χ0n) is 14.4. The van der Waals surface area contributed by atoms with E-state index in [-0.39, 0.29) is 40.0 Å². The molecular weight excluding hydrogens is 352 g/mol. The van der Waals surface area contributed by atoms with E-state index < -0.39 is 10.0 Å². The van der Waals surface area contributed by atoms with E-state index in [1.807, 2.05) is 13.8 Å². The summed E-state index contributed by atoms with van der Waals surface area (Å²) in [6.45, 7) is 3.90. The Hall–Kier alpha value is -1.15. The van der Waals surface area contributed by atoms with Gasteiger partial charge in [0.2, 0.25) is 10.0 Å². The number of hydrogen-bond acceptors (Lipinski definition) is 4. The largest absolute Gasteiger partial charge is 0.396 e. The summed E-state index contributed by atoms with van der Waals surface area (Å²) in [5, 5.41) is 12.1. The maximum absolute atomic E-state index is 12.4. The van der Waals surface area contributed by atoms with Crippen molar-refractivity contribution in [3.05, 3.63) is 28.8 Å². The van der Waals surface area contributed by atoms with Gasteiger partial charge in [0, 0.05) is 32.3 Å². The Balaban J connectivity index is 3.04. The molecule has 0 aliphatic carbocycles. The summed E-state index contributed by atoms with van der Waals surface area (Å²) in [7, 11) is -0.923. The number of nitrogens with zero attached hydrogens (tertiary/aromatic N) is 1. The number of halogens is 1. The topological polar surface area (TPSA) is 86.7 Å². The Kier molecular flexibility index (Phi) is 7.66. The van der Waals surface area contributed by atoms with Gasteiger partial charge in [0.1, 0.15) is 4.90 Å². The molecule has 1 amide bonds. The second-order valence-electron chi connectivity index (χ2n) is 6.03. The summed E-state index contributed by atoms with van der Waals surface area (Å²) >= 11 is 5.98. The molecule has 0 aromatic heterocycles. The molecule has 0 heterocycles. The second kappa shape index (κ2) is 8.80. The van der Waals surface area contributed by atoms with Crippen LogP contribution in [0.3, 0.4) is 0 Å². The quantitative estimate of drug-likeness (QED) is 0.727. The number of benzene rings is 1. The number of hydrogen-bond donors (Lipinski definition) is 2. The first-order valence-electron chi connectivity index (χ1n) is 7.77. The van der Waals surface area contributed by atoms with Crippen molar-refractivity contribution in [2.45, 2.75) is 37.6 Å². The lowest BCUT2D eigenvalue weighted by Gasteiger charge is -2.20. The molecule has 0 radical (unpaired) electrons. The lowest BCUT2D eigenvalue weighted by atomic mass is 10.0. The average molecular weight is 377 g/mol. The van der Waals surface area contributed by atoms with Crippen LogP contribution in [0.25, 0.3) is 0 Å². The van der Waals surface area contributed by atoms with Gasteiger partial charge < -0.3 is 10.4 Å². The van der Waals surface area contributed by atoms with Crippen LogP contribution in [-0.4, -0.2) is 50.5 Å². The molecule has 0 aliphatic rings. The lowest BCUT2D eigenvalue weighted by Crippen LogP contribution is -2.36. The highest BCUT2D eigenvalue weighted by molar-refractivity contribution is 7.89. The van der Waals surface area contributed by atoms with E-state index in [2.05, 4.69) is 5.32 Å². The van der Waals surface area contributed by atoms with Crippen molar-refractivity contribution in [2.75, 3.05) is 20.7 Å². The molecule has 0 fully saturated rings. The van der Waals surface area contributed by atoms with Crippen LogP contribution < -0.4 is 5.32 Å². The molecule has 24 heavy (non-hydrogen) atoms. The van der Waals surface area contributed by atoms with Gasteiger partial charge >= 0.3 is 0 Å². The van der Waals surface area contributed by atoms with E-state index in [4.69, 9.17) is 16.7 Å². The lowest BCUT2D eigenvalue weighted by molar-refractivity contribution is 0.0925. The fourth-order valence-corrected chi connectivity index (χ4v) is 3.59. The van der Waals surface area contributed by atoms with Gasteiger partial charge in [0.25, 0.3) is 5.91 Å². The molecule has 136 valence electrons. The number of aliphatic hydroxyl groups is 1. The monoisotopic (exact) mass is 376 g/mol. The van der Waals surface area contributed by atoms with Gasteiger partial charge in [-0.25, -0.2) is 12.7 Å². The minimum Gasteiger partial charge on any atom is -0.396 e. The standard InChI is InChI=1S/C16H25ClN2O4S/c1-5-13(8-11(2)10-20)18-16(21)12-6-7-14(17)15(9-12)24(22,23)19(3)4/h6-7,9,11,13,20H,5,8,10H2,1-4H3,(H,18,21)/t11-,13+/m0/s1. The van der Waals surface area contributed by atoms with E-state index in [0.29, 0.717) is 12.8 Å². The number of amides is 1. The summed E-state index contributed by atoms with van der Waals surface area (Å²) in [6, 6.07) is 4.10. The van der Waals surface area contributed by atoms with Gasteiger partial charge in [-0.05, 0) is 37.0 Å².